The highest BCUT2D eigenvalue weighted by atomic mass is 16.1. The second-order valence-electron chi connectivity index (χ2n) is 5.91. The van der Waals surface area contributed by atoms with Crippen molar-refractivity contribution < 1.29 is 4.79 Å². The summed E-state index contributed by atoms with van der Waals surface area (Å²) < 4.78 is 0. The van der Waals surface area contributed by atoms with Crippen LogP contribution < -0.4 is 5.73 Å². The number of rotatable bonds is 2. The number of aromatic nitrogens is 2. The minimum Gasteiger partial charge on any atom is -0.363 e. The molecule has 4 nitrogen and oxygen atoms in total. The van der Waals surface area contributed by atoms with Gasteiger partial charge in [0, 0.05) is 11.3 Å². The van der Waals surface area contributed by atoms with Crippen molar-refractivity contribution in [3.63, 3.8) is 0 Å². The summed E-state index contributed by atoms with van der Waals surface area (Å²) in [5.74, 6) is -0.554. The Balaban J connectivity index is 2.44. The second kappa shape index (κ2) is 5.04. The van der Waals surface area contributed by atoms with Crippen molar-refractivity contribution in [3.05, 3.63) is 47.4 Å². The van der Waals surface area contributed by atoms with Crippen LogP contribution in [0.15, 0.2) is 30.3 Å². The molecule has 1 heterocycles. The zero-order valence-corrected chi connectivity index (χ0v) is 12.3. The van der Waals surface area contributed by atoms with Crippen molar-refractivity contribution in [2.75, 3.05) is 0 Å². The molecule has 0 aliphatic carbocycles. The van der Waals surface area contributed by atoms with E-state index >= 15 is 0 Å². The lowest BCUT2D eigenvalue weighted by Gasteiger charge is -2.19. The topological polar surface area (TPSA) is 68.9 Å². The van der Waals surface area contributed by atoms with E-state index in [0.29, 0.717) is 5.69 Å². The largest absolute Gasteiger partial charge is 0.363 e. The van der Waals surface area contributed by atoms with E-state index in [1.807, 2.05) is 25.1 Å². The number of amides is 1. The molecule has 0 saturated heterocycles. The molecule has 0 saturated carbocycles. The second-order valence-corrected chi connectivity index (χ2v) is 5.91. The average Bonchev–Trinajstić information content (AvgIpc) is 2.37. The fraction of sp³-hybridized carbons (Fsp3) is 0.312. The zero-order valence-electron chi connectivity index (χ0n) is 12.3. The van der Waals surface area contributed by atoms with Gasteiger partial charge in [-0.15, -0.1) is 0 Å². The number of primary amides is 1. The molecule has 0 aliphatic heterocycles. The molecular weight excluding hydrogens is 250 g/mol. The van der Waals surface area contributed by atoms with Crippen molar-refractivity contribution >= 4 is 5.91 Å². The summed E-state index contributed by atoms with van der Waals surface area (Å²) in [6.45, 7) is 8.33. The summed E-state index contributed by atoms with van der Waals surface area (Å²) >= 11 is 0. The molecule has 4 heteroatoms. The third-order valence-electron chi connectivity index (χ3n) is 3.12. The van der Waals surface area contributed by atoms with Crippen LogP contribution in [0, 0.1) is 6.92 Å². The van der Waals surface area contributed by atoms with E-state index in [1.54, 1.807) is 0 Å². The van der Waals surface area contributed by atoms with Crippen LogP contribution in [-0.2, 0) is 5.41 Å². The number of nitrogens with two attached hydrogens (primary N) is 1. The first kappa shape index (κ1) is 14.2. The summed E-state index contributed by atoms with van der Waals surface area (Å²) in [6, 6.07) is 10.0. The van der Waals surface area contributed by atoms with Gasteiger partial charge in [-0.1, -0.05) is 45.0 Å². The van der Waals surface area contributed by atoms with Gasteiger partial charge < -0.3 is 5.73 Å². The Labute approximate surface area is 119 Å². The van der Waals surface area contributed by atoms with Crippen molar-refractivity contribution in [2.24, 2.45) is 5.73 Å². The van der Waals surface area contributed by atoms with E-state index in [4.69, 9.17) is 5.73 Å². The molecule has 20 heavy (non-hydrogen) atoms. The molecule has 0 atom stereocenters. The molecule has 0 fully saturated rings. The van der Waals surface area contributed by atoms with E-state index in [2.05, 4.69) is 42.9 Å². The molecule has 1 aromatic carbocycles. The smallest absolute Gasteiger partial charge is 0.286 e. The zero-order chi connectivity index (χ0) is 14.9. The maximum Gasteiger partial charge on any atom is 0.286 e. The molecule has 2 rings (SSSR count). The number of aryl methyl sites for hydroxylation is 1. The van der Waals surface area contributed by atoms with Crippen LogP contribution in [0.5, 0.6) is 0 Å². The molecular formula is C16H19N3O. The van der Waals surface area contributed by atoms with E-state index in [9.17, 15) is 4.79 Å². The summed E-state index contributed by atoms with van der Waals surface area (Å²) in [7, 11) is 0. The molecule has 0 unspecified atom stereocenters. The molecule has 104 valence electrons. The highest BCUT2D eigenvalue weighted by Gasteiger charge is 2.14. The molecule has 0 spiro atoms. The SMILES string of the molecule is Cc1cc(-c2ccc(C(C)(C)C)cc2)nc(C(N)=O)n1. The third-order valence-corrected chi connectivity index (χ3v) is 3.12. The lowest BCUT2D eigenvalue weighted by molar-refractivity contribution is 0.0990. The quantitative estimate of drug-likeness (QED) is 0.911. The molecule has 0 aliphatic rings. The van der Waals surface area contributed by atoms with Crippen LogP contribution in [0.2, 0.25) is 0 Å². The predicted octanol–water partition coefficient (Wildman–Crippen LogP) is 2.85. The lowest BCUT2D eigenvalue weighted by atomic mass is 9.86. The van der Waals surface area contributed by atoms with Crippen LogP contribution >= 0.6 is 0 Å². The summed E-state index contributed by atoms with van der Waals surface area (Å²) in [5, 5.41) is 0. The van der Waals surface area contributed by atoms with Gasteiger partial charge in [0.25, 0.3) is 5.91 Å². The number of carbonyl (C=O) groups excluding carboxylic acids is 1. The normalized spacial score (nSPS) is 11.4. The van der Waals surface area contributed by atoms with Gasteiger partial charge in [0.1, 0.15) is 0 Å². The Morgan fingerprint density at radius 3 is 2.20 bits per heavy atom. The minimum atomic E-state index is -0.610. The number of nitrogens with zero attached hydrogens (tertiary/aromatic N) is 2. The fourth-order valence-electron chi connectivity index (χ4n) is 1.97. The van der Waals surface area contributed by atoms with Gasteiger partial charge >= 0.3 is 0 Å². The number of hydrogen-bond acceptors (Lipinski definition) is 3. The van der Waals surface area contributed by atoms with Gasteiger partial charge in [-0.25, -0.2) is 9.97 Å². The van der Waals surface area contributed by atoms with E-state index in [0.717, 1.165) is 11.3 Å². The van der Waals surface area contributed by atoms with Gasteiger partial charge in [-0.2, -0.15) is 0 Å². The molecule has 0 bridgehead atoms. The number of hydrogen-bond donors (Lipinski definition) is 1. The third kappa shape index (κ3) is 3.02. The standard InChI is InChI=1S/C16H19N3O/c1-10-9-13(19-15(18-10)14(17)20)11-5-7-12(8-6-11)16(2,3)4/h5-9H,1-4H3,(H2,17,20). The van der Waals surface area contributed by atoms with Gasteiger partial charge in [0.15, 0.2) is 0 Å². The summed E-state index contributed by atoms with van der Waals surface area (Å²) in [5.41, 5.74) is 9.00. The lowest BCUT2D eigenvalue weighted by Crippen LogP contribution is -2.16. The molecule has 1 aromatic heterocycles. The van der Waals surface area contributed by atoms with Crippen LogP contribution in [0.3, 0.4) is 0 Å². The molecule has 2 N–H and O–H groups in total. The molecule has 1 amide bonds. The summed E-state index contributed by atoms with van der Waals surface area (Å²) in [4.78, 5) is 19.5. The molecule has 0 radical (unpaired) electrons. The highest BCUT2D eigenvalue weighted by Crippen LogP contribution is 2.25. The van der Waals surface area contributed by atoms with Gasteiger partial charge in [0.2, 0.25) is 5.82 Å². The number of benzene rings is 1. The first-order valence-electron chi connectivity index (χ1n) is 6.54. The maximum atomic E-state index is 11.2. The van der Waals surface area contributed by atoms with Crippen LogP contribution in [-0.4, -0.2) is 15.9 Å². The average molecular weight is 269 g/mol. The van der Waals surface area contributed by atoms with Crippen molar-refractivity contribution in [1.29, 1.82) is 0 Å². The Hall–Kier alpha value is -2.23. The van der Waals surface area contributed by atoms with Gasteiger partial charge in [-0.05, 0) is 24.0 Å². The van der Waals surface area contributed by atoms with Crippen LogP contribution in [0.1, 0.15) is 42.6 Å². The fourth-order valence-corrected chi connectivity index (χ4v) is 1.97. The van der Waals surface area contributed by atoms with Crippen LogP contribution in [0.4, 0.5) is 0 Å². The minimum absolute atomic E-state index is 0.0555. The van der Waals surface area contributed by atoms with Crippen molar-refractivity contribution in [3.8, 4) is 11.3 Å². The molecule has 2 aromatic rings. The van der Waals surface area contributed by atoms with Gasteiger partial charge in [-0.3, -0.25) is 4.79 Å². The van der Waals surface area contributed by atoms with Crippen molar-refractivity contribution in [2.45, 2.75) is 33.1 Å². The monoisotopic (exact) mass is 269 g/mol. The van der Waals surface area contributed by atoms with Crippen LogP contribution in [0.25, 0.3) is 11.3 Å². The van der Waals surface area contributed by atoms with Crippen molar-refractivity contribution in [1.82, 2.24) is 9.97 Å². The summed E-state index contributed by atoms with van der Waals surface area (Å²) in [6.07, 6.45) is 0. The Morgan fingerprint density at radius 2 is 1.70 bits per heavy atom. The Kier molecular flexibility index (Phi) is 3.57. The Bertz CT molecular complexity index is 640. The maximum absolute atomic E-state index is 11.2. The van der Waals surface area contributed by atoms with E-state index in [1.165, 1.54) is 5.56 Å². The first-order valence-corrected chi connectivity index (χ1v) is 6.54. The predicted molar refractivity (Wildman–Crippen MR) is 79.4 cm³/mol. The Morgan fingerprint density at radius 1 is 1.10 bits per heavy atom. The number of carbonyl (C=O) groups is 1. The van der Waals surface area contributed by atoms with Gasteiger partial charge in [0.05, 0.1) is 5.69 Å². The van der Waals surface area contributed by atoms with E-state index < -0.39 is 5.91 Å². The van der Waals surface area contributed by atoms with E-state index in [-0.39, 0.29) is 11.2 Å². The first-order chi connectivity index (χ1) is 9.27. The highest BCUT2D eigenvalue weighted by molar-refractivity contribution is 5.89.